The molecule has 0 fully saturated rings. The van der Waals surface area contributed by atoms with Crippen LogP contribution in [0.5, 0.6) is 0 Å². The van der Waals surface area contributed by atoms with Crippen molar-refractivity contribution in [2.24, 2.45) is 5.41 Å². The predicted octanol–water partition coefficient (Wildman–Crippen LogP) is 10.2. The fourth-order valence-electron chi connectivity index (χ4n) is 5.40. The second kappa shape index (κ2) is 14.3. The van der Waals surface area contributed by atoms with Gasteiger partial charge in [-0.3, -0.25) is 0 Å². The Morgan fingerprint density at radius 3 is 2.24 bits per heavy atom. The van der Waals surface area contributed by atoms with Crippen LogP contribution in [0.4, 0.5) is 0 Å². The molecule has 4 nitrogen and oxygen atoms in total. The third-order valence-electron chi connectivity index (χ3n) is 7.67. The van der Waals surface area contributed by atoms with E-state index in [1.807, 2.05) is 67.8 Å². The molecule has 4 aromatic heterocycles. The van der Waals surface area contributed by atoms with Crippen LogP contribution in [-0.4, -0.2) is 15.0 Å². The Morgan fingerprint density at radius 2 is 1.52 bits per heavy atom. The van der Waals surface area contributed by atoms with Crippen LogP contribution in [-0.2, 0) is 32.9 Å². The molecule has 0 aliphatic heterocycles. The Kier molecular flexibility index (Phi) is 10.3. The van der Waals surface area contributed by atoms with E-state index >= 15 is 0 Å². The molecule has 0 amide bonds. The first-order valence-electron chi connectivity index (χ1n) is 15.4. The van der Waals surface area contributed by atoms with Crippen LogP contribution in [0.3, 0.4) is 0 Å². The molecule has 0 spiro atoms. The summed E-state index contributed by atoms with van der Waals surface area (Å²) in [6.07, 6.45) is 5.61. The standard InChI is InChI=1S/C29H27N2O.C12H10N.Ir/c1-19-18-30-26(16-21(19)17-29(2,3)4)25-12-8-11-23-24-14-13-22(31-28(24)32-27(23)25)15-20-9-6-5-7-10-20;1-10-7-8-12(13-9-10)11-5-3-2-4-6-11;/h5-11,13-14,16,18H,15,17H2,1-4H3;2-5,7-9H,1H3;/q2*-1;. The second-order valence-electron chi connectivity index (χ2n) is 12.7. The van der Waals surface area contributed by atoms with Gasteiger partial charge in [-0.15, -0.1) is 54.1 Å². The summed E-state index contributed by atoms with van der Waals surface area (Å²) in [5.74, 6) is 0. The quantitative estimate of drug-likeness (QED) is 0.163. The van der Waals surface area contributed by atoms with Crippen molar-refractivity contribution in [2.75, 3.05) is 0 Å². The molecule has 5 heteroatoms. The molecule has 0 saturated carbocycles. The SMILES string of the molecule is Cc1ccc(-c2[c-]cccc2)nc1.Cc1cnc(-c2[c-]ccc3c2oc2nc(Cc4ccccc4)ccc23)cc1CC(C)(C)C.[Ir]. The van der Waals surface area contributed by atoms with Crippen LogP contribution >= 0.6 is 0 Å². The number of hydrogen-bond donors (Lipinski definition) is 0. The van der Waals surface area contributed by atoms with E-state index in [1.165, 1.54) is 22.3 Å². The molecule has 233 valence electrons. The summed E-state index contributed by atoms with van der Waals surface area (Å²) in [7, 11) is 0. The van der Waals surface area contributed by atoms with Gasteiger partial charge < -0.3 is 14.4 Å². The molecule has 0 saturated heterocycles. The average molecular weight is 780 g/mol. The van der Waals surface area contributed by atoms with E-state index in [2.05, 4.69) is 93.3 Å². The van der Waals surface area contributed by atoms with Gasteiger partial charge in [0.15, 0.2) is 0 Å². The smallest absolute Gasteiger partial charge is 0.216 e. The van der Waals surface area contributed by atoms with Crippen molar-refractivity contribution in [1.29, 1.82) is 0 Å². The largest absolute Gasteiger partial charge is 0.486 e. The average Bonchev–Trinajstić information content (AvgIpc) is 3.41. The van der Waals surface area contributed by atoms with Crippen LogP contribution in [0.1, 0.15) is 48.7 Å². The van der Waals surface area contributed by atoms with Crippen LogP contribution < -0.4 is 0 Å². The fraction of sp³-hybridized carbons (Fsp3) is 0.195. The van der Waals surface area contributed by atoms with Gasteiger partial charge in [-0.05, 0) is 65.9 Å². The number of rotatable bonds is 5. The van der Waals surface area contributed by atoms with Crippen LogP contribution in [0.2, 0.25) is 0 Å². The Labute approximate surface area is 285 Å². The maximum atomic E-state index is 6.31. The van der Waals surface area contributed by atoms with Crippen LogP contribution in [0.25, 0.3) is 44.6 Å². The van der Waals surface area contributed by atoms with Crippen LogP contribution in [0.15, 0.2) is 114 Å². The molecule has 7 aromatic rings. The minimum atomic E-state index is 0. The van der Waals surface area contributed by atoms with E-state index in [9.17, 15) is 0 Å². The zero-order valence-corrected chi connectivity index (χ0v) is 29.3. The van der Waals surface area contributed by atoms with Crippen molar-refractivity contribution in [3.8, 4) is 22.5 Å². The third kappa shape index (κ3) is 7.85. The first-order valence-corrected chi connectivity index (χ1v) is 15.4. The van der Waals surface area contributed by atoms with Crippen molar-refractivity contribution in [3.63, 3.8) is 0 Å². The van der Waals surface area contributed by atoms with Gasteiger partial charge in [-0.25, -0.2) is 4.98 Å². The molecule has 0 aliphatic carbocycles. The van der Waals surface area contributed by atoms with E-state index < -0.39 is 0 Å². The Morgan fingerprint density at radius 1 is 0.739 bits per heavy atom. The predicted molar refractivity (Wildman–Crippen MR) is 184 cm³/mol. The monoisotopic (exact) mass is 780 g/mol. The topological polar surface area (TPSA) is 51.8 Å². The Bertz CT molecular complexity index is 2040. The number of fused-ring (bicyclic) bond motifs is 3. The third-order valence-corrected chi connectivity index (χ3v) is 7.67. The molecule has 0 N–H and O–H groups in total. The Balaban J connectivity index is 0.000000250. The van der Waals surface area contributed by atoms with E-state index in [0.29, 0.717) is 5.71 Å². The molecule has 46 heavy (non-hydrogen) atoms. The summed E-state index contributed by atoms with van der Waals surface area (Å²) >= 11 is 0. The zero-order chi connectivity index (χ0) is 31.4. The van der Waals surface area contributed by atoms with E-state index in [4.69, 9.17) is 14.4 Å². The van der Waals surface area contributed by atoms with Gasteiger partial charge in [0.05, 0.1) is 5.58 Å². The first kappa shape index (κ1) is 32.9. The molecule has 0 bridgehead atoms. The first-order chi connectivity index (χ1) is 21.7. The molecule has 0 atom stereocenters. The van der Waals surface area contributed by atoms with E-state index in [-0.39, 0.29) is 25.5 Å². The van der Waals surface area contributed by atoms with Crippen molar-refractivity contribution in [1.82, 2.24) is 15.0 Å². The molecule has 1 radical (unpaired) electrons. The van der Waals surface area contributed by atoms with Crippen molar-refractivity contribution >= 4 is 22.1 Å². The second-order valence-corrected chi connectivity index (χ2v) is 12.7. The van der Waals surface area contributed by atoms with Gasteiger partial charge >= 0.3 is 0 Å². The minimum absolute atomic E-state index is 0. The zero-order valence-electron chi connectivity index (χ0n) is 26.9. The van der Waals surface area contributed by atoms with Gasteiger partial charge in [0.2, 0.25) is 5.71 Å². The number of aryl methyl sites for hydroxylation is 2. The molecule has 4 heterocycles. The molecule has 7 rings (SSSR count). The van der Waals surface area contributed by atoms with Gasteiger partial charge in [-0.2, -0.15) is 0 Å². The summed E-state index contributed by atoms with van der Waals surface area (Å²) in [5, 5.41) is 2.07. The minimum Gasteiger partial charge on any atom is -0.486 e. The number of nitrogens with zero attached hydrogens (tertiary/aromatic N) is 3. The van der Waals surface area contributed by atoms with Gasteiger partial charge in [-0.1, -0.05) is 85.8 Å². The van der Waals surface area contributed by atoms with E-state index in [1.54, 1.807) is 0 Å². The summed E-state index contributed by atoms with van der Waals surface area (Å²) in [4.78, 5) is 13.9. The number of furan rings is 1. The number of aromatic nitrogens is 3. The molecular weight excluding hydrogens is 743 g/mol. The summed E-state index contributed by atoms with van der Waals surface area (Å²) in [6.45, 7) is 10.9. The molecule has 3 aromatic carbocycles. The van der Waals surface area contributed by atoms with Gasteiger partial charge in [0, 0.05) is 50.0 Å². The maximum absolute atomic E-state index is 6.31. The summed E-state index contributed by atoms with van der Waals surface area (Å²) in [6, 6.07) is 39.2. The van der Waals surface area contributed by atoms with E-state index in [0.717, 1.165) is 57.4 Å². The van der Waals surface area contributed by atoms with Gasteiger partial charge in [0.1, 0.15) is 0 Å². The van der Waals surface area contributed by atoms with Crippen molar-refractivity contribution in [2.45, 2.75) is 47.5 Å². The summed E-state index contributed by atoms with van der Waals surface area (Å²) < 4.78 is 6.31. The van der Waals surface area contributed by atoms with Crippen LogP contribution in [0, 0.1) is 31.4 Å². The van der Waals surface area contributed by atoms with Gasteiger partial charge in [0.25, 0.3) is 0 Å². The molecular formula is C41H37IrN3O-2. The molecule has 0 aliphatic rings. The number of pyridine rings is 3. The fourth-order valence-corrected chi connectivity index (χ4v) is 5.40. The molecule has 0 unspecified atom stereocenters. The van der Waals surface area contributed by atoms with Crippen molar-refractivity contribution in [3.05, 3.63) is 150 Å². The summed E-state index contributed by atoms with van der Waals surface area (Å²) in [5.41, 5.74) is 11.4. The number of hydrogen-bond acceptors (Lipinski definition) is 4. The maximum Gasteiger partial charge on any atom is 0.216 e. The Hall–Kier alpha value is -4.44. The van der Waals surface area contributed by atoms with Crippen molar-refractivity contribution < 1.29 is 24.5 Å². The number of benzene rings is 3. The normalized spacial score (nSPS) is 11.2.